The van der Waals surface area contributed by atoms with E-state index in [4.69, 9.17) is 15.3 Å². The third-order valence-electron chi connectivity index (χ3n) is 4.87. The summed E-state index contributed by atoms with van der Waals surface area (Å²) in [5.74, 6) is 5.30. The van der Waals surface area contributed by atoms with E-state index < -0.39 is 0 Å². The number of pyridine rings is 1. The number of hydrazine groups is 1. The predicted octanol–water partition coefficient (Wildman–Crippen LogP) is 0.644. The number of hydrogen-bond acceptors (Lipinski definition) is 7. The van der Waals surface area contributed by atoms with Crippen LogP contribution < -0.4 is 11.4 Å². The average molecular weight is 349 g/mol. The molecule has 2 fully saturated rings. The molecule has 1 saturated carbocycles. The van der Waals surface area contributed by atoms with Gasteiger partial charge in [0.1, 0.15) is 0 Å². The molecule has 0 bridgehead atoms. The zero-order valence-electron chi connectivity index (χ0n) is 13.8. The zero-order chi connectivity index (χ0) is 16.6. The fraction of sp³-hybridized carbons (Fsp3) is 0.500. The summed E-state index contributed by atoms with van der Waals surface area (Å²) in [6, 6.07) is 5.54. The molecule has 2 aromatic heterocycles. The SMILES string of the molecule is NNn1nc(-c2ccc(C3CCC4(CC3)OCCO4)nc2)cc1O.O. The Labute approximate surface area is 145 Å². The number of nitrogens with two attached hydrogens (primary N) is 1. The molecule has 1 saturated heterocycles. The summed E-state index contributed by atoms with van der Waals surface area (Å²) in [6.07, 6.45) is 5.64. The summed E-state index contributed by atoms with van der Waals surface area (Å²) in [6.45, 7) is 1.41. The fourth-order valence-electron chi connectivity index (χ4n) is 3.54. The Hall–Kier alpha value is -2.20. The standard InChI is InChI=1S/C16H21N5O3.H2O/c17-20-21-15(22)9-14(19-21)12-1-2-13(18-10-12)11-3-5-16(6-4-11)23-7-8-24-16;/h1-2,9-11,20,22H,3-8,17H2;1H2. The van der Waals surface area contributed by atoms with Crippen LogP contribution in [0.15, 0.2) is 24.4 Å². The van der Waals surface area contributed by atoms with Gasteiger partial charge in [-0.05, 0) is 25.0 Å². The number of ether oxygens (including phenoxy) is 2. The molecule has 1 aliphatic heterocycles. The van der Waals surface area contributed by atoms with Crippen molar-refractivity contribution in [2.45, 2.75) is 37.4 Å². The van der Waals surface area contributed by atoms with Gasteiger partial charge in [0.15, 0.2) is 5.79 Å². The van der Waals surface area contributed by atoms with Crippen LogP contribution in [0, 0.1) is 0 Å². The molecule has 1 aliphatic carbocycles. The van der Waals surface area contributed by atoms with Crippen molar-refractivity contribution in [2.75, 3.05) is 18.7 Å². The average Bonchev–Trinajstić information content (AvgIpc) is 3.23. The summed E-state index contributed by atoms with van der Waals surface area (Å²) in [7, 11) is 0. The van der Waals surface area contributed by atoms with Gasteiger partial charge in [-0.15, -0.1) is 9.89 Å². The van der Waals surface area contributed by atoms with Crippen LogP contribution in [-0.4, -0.2) is 44.5 Å². The van der Waals surface area contributed by atoms with E-state index >= 15 is 0 Å². The van der Waals surface area contributed by atoms with Crippen molar-refractivity contribution in [1.82, 2.24) is 14.9 Å². The second-order valence-electron chi connectivity index (χ2n) is 6.28. The Morgan fingerprint density at radius 2 is 1.96 bits per heavy atom. The summed E-state index contributed by atoms with van der Waals surface area (Å²) < 4.78 is 11.5. The molecular formula is C16H23N5O4. The first-order chi connectivity index (χ1) is 11.7. The van der Waals surface area contributed by atoms with Gasteiger partial charge in [-0.3, -0.25) is 4.98 Å². The van der Waals surface area contributed by atoms with Crippen molar-refractivity contribution in [3.05, 3.63) is 30.1 Å². The van der Waals surface area contributed by atoms with Gasteiger partial charge in [-0.2, -0.15) is 0 Å². The maximum atomic E-state index is 9.67. The monoisotopic (exact) mass is 349 g/mol. The lowest BCUT2D eigenvalue weighted by atomic mass is 9.83. The third kappa shape index (κ3) is 3.31. The van der Waals surface area contributed by atoms with Crippen molar-refractivity contribution in [1.29, 1.82) is 0 Å². The van der Waals surface area contributed by atoms with Gasteiger partial charge >= 0.3 is 0 Å². The van der Waals surface area contributed by atoms with E-state index in [0.717, 1.165) is 41.7 Å². The molecule has 3 heterocycles. The summed E-state index contributed by atoms with van der Waals surface area (Å²) in [4.78, 5) is 5.70. The zero-order valence-corrected chi connectivity index (χ0v) is 13.8. The quantitative estimate of drug-likeness (QED) is 0.546. The van der Waals surface area contributed by atoms with Gasteiger partial charge in [-0.25, -0.2) is 11.4 Å². The highest BCUT2D eigenvalue weighted by atomic mass is 16.7. The Bertz CT molecular complexity index is 702. The van der Waals surface area contributed by atoms with E-state index in [1.54, 1.807) is 6.20 Å². The lowest BCUT2D eigenvalue weighted by molar-refractivity contribution is -0.178. The van der Waals surface area contributed by atoms with E-state index in [-0.39, 0.29) is 17.1 Å². The van der Waals surface area contributed by atoms with Crippen molar-refractivity contribution >= 4 is 0 Å². The third-order valence-corrected chi connectivity index (χ3v) is 4.87. The van der Waals surface area contributed by atoms with Crippen LogP contribution in [0.4, 0.5) is 0 Å². The molecule has 0 amide bonds. The van der Waals surface area contributed by atoms with Crippen LogP contribution in [0.5, 0.6) is 5.88 Å². The second kappa shape index (κ2) is 6.96. The topological polar surface area (TPSA) is 139 Å². The van der Waals surface area contributed by atoms with Crippen LogP contribution in [0.2, 0.25) is 0 Å². The van der Waals surface area contributed by atoms with Gasteiger partial charge in [0, 0.05) is 42.3 Å². The van der Waals surface area contributed by atoms with E-state index in [2.05, 4.69) is 15.6 Å². The molecule has 9 nitrogen and oxygen atoms in total. The maximum Gasteiger partial charge on any atom is 0.231 e. The fourth-order valence-corrected chi connectivity index (χ4v) is 3.54. The van der Waals surface area contributed by atoms with Crippen molar-refractivity contribution in [3.8, 4) is 17.1 Å². The summed E-state index contributed by atoms with van der Waals surface area (Å²) in [5.41, 5.74) is 4.80. The number of nitrogen functional groups attached to an aromatic ring is 1. The molecular weight excluding hydrogens is 326 g/mol. The minimum atomic E-state index is -0.337. The first-order valence-corrected chi connectivity index (χ1v) is 8.19. The number of aromatic nitrogens is 3. The molecule has 6 N–H and O–H groups in total. The molecule has 136 valence electrons. The van der Waals surface area contributed by atoms with Crippen molar-refractivity contribution in [3.63, 3.8) is 0 Å². The van der Waals surface area contributed by atoms with Crippen LogP contribution in [0.25, 0.3) is 11.3 Å². The first kappa shape index (κ1) is 17.6. The minimum absolute atomic E-state index is 0. The minimum Gasteiger partial charge on any atom is -0.492 e. The molecule has 9 heteroatoms. The molecule has 4 rings (SSSR count). The normalized spacial score (nSPS) is 19.7. The van der Waals surface area contributed by atoms with Gasteiger partial charge in [0.05, 0.1) is 18.9 Å². The van der Waals surface area contributed by atoms with Gasteiger partial charge in [0.25, 0.3) is 0 Å². The Balaban J connectivity index is 0.00000182. The van der Waals surface area contributed by atoms with E-state index in [1.165, 1.54) is 6.07 Å². The van der Waals surface area contributed by atoms with Crippen LogP contribution >= 0.6 is 0 Å². The molecule has 2 aliphatic rings. The van der Waals surface area contributed by atoms with Crippen LogP contribution in [0.1, 0.15) is 37.3 Å². The number of aromatic hydroxyl groups is 1. The summed E-state index contributed by atoms with van der Waals surface area (Å²) in [5, 5.41) is 13.8. The number of rotatable bonds is 3. The Morgan fingerprint density at radius 1 is 1.24 bits per heavy atom. The summed E-state index contributed by atoms with van der Waals surface area (Å²) >= 11 is 0. The van der Waals surface area contributed by atoms with Crippen LogP contribution in [0.3, 0.4) is 0 Å². The number of hydrogen-bond donors (Lipinski definition) is 3. The van der Waals surface area contributed by atoms with Gasteiger partial charge in [-0.1, -0.05) is 0 Å². The molecule has 25 heavy (non-hydrogen) atoms. The highest BCUT2D eigenvalue weighted by Gasteiger charge is 2.40. The largest absolute Gasteiger partial charge is 0.492 e. The Morgan fingerprint density at radius 3 is 2.52 bits per heavy atom. The molecule has 2 aromatic rings. The van der Waals surface area contributed by atoms with Crippen LogP contribution in [-0.2, 0) is 9.47 Å². The molecule has 0 radical (unpaired) electrons. The van der Waals surface area contributed by atoms with E-state index in [9.17, 15) is 5.11 Å². The van der Waals surface area contributed by atoms with E-state index in [1.807, 2.05) is 12.1 Å². The molecule has 0 atom stereocenters. The Kier molecular flexibility index (Phi) is 4.91. The second-order valence-corrected chi connectivity index (χ2v) is 6.28. The number of nitrogens with zero attached hydrogens (tertiary/aromatic N) is 3. The predicted molar refractivity (Wildman–Crippen MR) is 90.1 cm³/mol. The van der Waals surface area contributed by atoms with Gasteiger partial charge < -0.3 is 20.1 Å². The molecule has 0 unspecified atom stereocenters. The van der Waals surface area contributed by atoms with Gasteiger partial charge in [0.2, 0.25) is 5.88 Å². The smallest absolute Gasteiger partial charge is 0.231 e. The maximum absolute atomic E-state index is 9.67. The van der Waals surface area contributed by atoms with E-state index in [0.29, 0.717) is 24.8 Å². The lowest BCUT2D eigenvalue weighted by Crippen LogP contribution is -2.34. The lowest BCUT2D eigenvalue weighted by Gasteiger charge is -2.35. The number of nitrogens with one attached hydrogen (secondary N) is 1. The highest BCUT2D eigenvalue weighted by Crippen LogP contribution is 2.41. The van der Waals surface area contributed by atoms with Crippen molar-refractivity contribution in [2.24, 2.45) is 5.84 Å². The highest BCUT2D eigenvalue weighted by molar-refractivity contribution is 5.59. The molecule has 0 aromatic carbocycles. The first-order valence-electron chi connectivity index (χ1n) is 8.19. The molecule has 1 spiro atoms. The van der Waals surface area contributed by atoms with Crippen molar-refractivity contribution < 1.29 is 20.1 Å².